The van der Waals surface area contributed by atoms with Gasteiger partial charge in [-0.05, 0) is 72.9 Å². The first-order chi connectivity index (χ1) is 17.5. The topological polar surface area (TPSA) is 104 Å². The summed E-state index contributed by atoms with van der Waals surface area (Å²) in [6.07, 6.45) is 1.94. The Hall–Kier alpha value is -4.46. The van der Waals surface area contributed by atoms with E-state index in [1.165, 1.54) is 11.1 Å². The van der Waals surface area contributed by atoms with Crippen LogP contribution in [0, 0.1) is 6.92 Å². The molecule has 0 bridgehead atoms. The molecule has 8 nitrogen and oxygen atoms in total. The van der Waals surface area contributed by atoms with Crippen LogP contribution in [-0.4, -0.2) is 27.4 Å². The van der Waals surface area contributed by atoms with Gasteiger partial charge in [-0.25, -0.2) is 0 Å². The summed E-state index contributed by atoms with van der Waals surface area (Å²) in [5.41, 5.74) is 6.03. The number of anilines is 6. The van der Waals surface area contributed by atoms with Crippen LogP contribution in [0.1, 0.15) is 30.5 Å². The minimum Gasteiger partial charge on any atom is -0.345 e. The van der Waals surface area contributed by atoms with Crippen LogP contribution in [0.2, 0.25) is 0 Å². The monoisotopic (exact) mass is 481 g/mol. The lowest BCUT2D eigenvalue weighted by Gasteiger charge is -2.12. The number of aromatic nitrogens is 3. The van der Waals surface area contributed by atoms with Crippen LogP contribution in [0.25, 0.3) is 0 Å². The van der Waals surface area contributed by atoms with Gasteiger partial charge in [0.1, 0.15) is 0 Å². The van der Waals surface area contributed by atoms with Crippen LogP contribution in [0.5, 0.6) is 0 Å². The lowest BCUT2D eigenvalue weighted by molar-refractivity contribution is -0.114. The number of hydrogen-bond acceptors (Lipinski definition) is 7. The maximum absolute atomic E-state index is 12.5. The summed E-state index contributed by atoms with van der Waals surface area (Å²) in [4.78, 5) is 26.0. The van der Waals surface area contributed by atoms with Crippen LogP contribution in [-0.2, 0) is 17.6 Å². The van der Waals surface area contributed by atoms with E-state index in [1.807, 2.05) is 55.5 Å². The van der Waals surface area contributed by atoms with Gasteiger partial charge < -0.3 is 21.3 Å². The second-order valence-corrected chi connectivity index (χ2v) is 8.43. The maximum Gasteiger partial charge on any atom is 0.243 e. The molecule has 0 radical (unpaired) electrons. The normalized spacial score (nSPS) is 10.5. The van der Waals surface area contributed by atoms with E-state index in [9.17, 15) is 4.79 Å². The van der Waals surface area contributed by atoms with Crippen molar-refractivity contribution in [3.8, 4) is 0 Å². The first-order valence-corrected chi connectivity index (χ1v) is 12.1. The molecule has 0 saturated heterocycles. The molecule has 8 heteroatoms. The fourth-order valence-corrected chi connectivity index (χ4v) is 3.56. The van der Waals surface area contributed by atoms with E-state index in [4.69, 9.17) is 0 Å². The van der Waals surface area contributed by atoms with Crippen molar-refractivity contribution in [3.63, 3.8) is 0 Å². The third kappa shape index (κ3) is 7.02. The van der Waals surface area contributed by atoms with Gasteiger partial charge in [-0.15, -0.1) is 0 Å². The highest BCUT2D eigenvalue weighted by Gasteiger charge is 2.10. The Bertz CT molecular complexity index is 1240. The predicted octanol–water partition coefficient (Wildman–Crippen LogP) is 5.84. The molecule has 184 valence electrons. The summed E-state index contributed by atoms with van der Waals surface area (Å²) < 4.78 is 0. The third-order valence-electron chi connectivity index (χ3n) is 5.58. The number of aryl methyl sites for hydroxylation is 3. The minimum atomic E-state index is -0.199. The third-order valence-corrected chi connectivity index (χ3v) is 5.58. The number of amides is 1. The number of carbonyl (C=O) groups excluding carboxylic acids is 1. The van der Waals surface area contributed by atoms with E-state index in [2.05, 4.69) is 74.3 Å². The Kier molecular flexibility index (Phi) is 8.08. The minimum absolute atomic E-state index is 0.00717. The largest absolute Gasteiger partial charge is 0.345 e. The maximum atomic E-state index is 12.5. The van der Waals surface area contributed by atoms with Crippen LogP contribution in [0.3, 0.4) is 0 Å². The molecule has 36 heavy (non-hydrogen) atoms. The summed E-state index contributed by atoms with van der Waals surface area (Å²) >= 11 is 0. The number of rotatable bonds is 10. The van der Waals surface area contributed by atoms with E-state index < -0.39 is 0 Å². The standard InChI is InChI=1S/C28H31N7O/c1-4-20-9-13-22(14-10-20)31-27-33-26(29-18-25(36)30-24-8-6-7-19(3)17-24)34-28(35-27)32-23-15-11-21(5-2)12-16-23/h6-17H,4-5,18H2,1-3H3,(H,30,36)(H3,29,31,32,33,34,35). The highest BCUT2D eigenvalue weighted by molar-refractivity contribution is 5.93. The van der Waals surface area contributed by atoms with E-state index >= 15 is 0 Å². The number of nitrogens with zero attached hydrogens (tertiary/aromatic N) is 3. The molecule has 0 fully saturated rings. The van der Waals surface area contributed by atoms with Crippen molar-refractivity contribution in [2.24, 2.45) is 0 Å². The molecule has 0 saturated carbocycles. The number of nitrogens with one attached hydrogen (secondary N) is 4. The molecule has 4 aromatic rings. The molecule has 3 aromatic carbocycles. The van der Waals surface area contributed by atoms with Gasteiger partial charge in [-0.3, -0.25) is 4.79 Å². The van der Waals surface area contributed by atoms with Gasteiger partial charge >= 0.3 is 0 Å². The van der Waals surface area contributed by atoms with Gasteiger partial charge in [0, 0.05) is 17.1 Å². The Morgan fingerprint density at radius 1 is 0.694 bits per heavy atom. The molecule has 1 aromatic heterocycles. The summed E-state index contributed by atoms with van der Waals surface area (Å²) in [5.74, 6) is 0.812. The van der Waals surface area contributed by atoms with E-state index in [-0.39, 0.29) is 18.4 Å². The van der Waals surface area contributed by atoms with Crippen LogP contribution >= 0.6 is 0 Å². The molecule has 4 N–H and O–H groups in total. The average molecular weight is 482 g/mol. The first kappa shape index (κ1) is 24.7. The first-order valence-electron chi connectivity index (χ1n) is 12.1. The van der Waals surface area contributed by atoms with Crippen molar-refractivity contribution < 1.29 is 4.79 Å². The summed E-state index contributed by atoms with van der Waals surface area (Å²) in [6, 6.07) is 23.9. The fraction of sp³-hybridized carbons (Fsp3) is 0.214. The van der Waals surface area contributed by atoms with Crippen molar-refractivity contribution in [2.75, 3.05) is 27.8 Å². The Balaban J connectivity index is 1.51. The zero-order valence-electron chi connectivity index (χ0n) is 20.8. The fourth-order valence-electron chi connectivity index (χ4n) is 3.56. The molecular formula is C28H31N7O. The Morgan fingerprint density at radius 3 is 1.72 bits per heavy atom. The van der Waals surface area contributed by atoms with E-state index in [1.54, 1.807) is 0 Å². The molecule has 0 aliphatic heterocycles. The quantitative estimate of drug-likeness (QED) is 0.225. The number of carbonyl (C=O) groups is 1. The van der Waals surface area contributed by atoms with Crippen LogP contribution < -0.4 is 21.3 Å². The highest BCUT2D eigenvalue weighted by atomic mass is 16.1. The van der Waals surface area contributed by atoms with Gasteiger partial charge in [-0.1, -0.05) is 50.2 Å². The molecule has 0 aliphatic carbocycles. The van der Waals surface area contributed by atoms with Crippen molar-refractivity contribution in [1.29, 1.82) is 0 Å². The van der Waals surface area contributed by atoms with Crippen molar-refractivity contribution >= 4 is 40.8 Å². The van der Waals surface area contributed by atoms with Crippen LogP contribution in [0.4, 0.5) is 34.9 Å². The van der Waals surface area contributed by atoms with E-state index in [0.717, 1.165) is 35.5 Å². The molecule has 0 aliphatic rings. The van der Waals surface area contributed by atoms with Gasteiger partial charge in [0.25, 0.3) is 0 Å². The average Bonchev–Trinajstić information content (AvgIpc) is 2.88. The molecule has 0 spiro atoms. The molecular weight excluding hydrogens is 450 g/mol. The molecule has 1 heterocycles. The highest BCUT2D eigenvalue weighted by Crippen LogP contribution is 2.20. The van der Waals surface area contributed by atoms with Crippen molar-refractivity contribution in [2.45, 2.75) is 33.6 Å². The van der Waals surface area contributed by atoms with Gasteiger partial charge in [0.2, 0.25) is 23.8 Å². The smallest absolute Gasteiger partial charge is 0.243 e. The van der Waals surface area contributed by atoms with Crippen LogP contribution in [0.15, 0.2) is 72.8 Å². The Morgan fingerprint density at radius 2 is 1.22 bits per heavy atom. The summed E-state index contributed by atoms with van der Waals surface area (Å²) in [5, 5.41) is 12.4. The zero-order chi connectivity index (χ0) is 25.3. The molecule has 1 amide bonds. The number of benzene rings is 3. The Labute approximate surface area is 211 Å². The van der Waals surface area contributed by atoms with Gasteiger partial charge in [0.15, 0.2) is 0 Å². The lowest BCUT2D eigenvalue weighted by atomic mass is 10.1. The summed E-state index contributed by atoms with van der Waals surface area (Å²) in [6.45, 7) is 6.22. The zero-order valence-corrected chi connectivity index (χ0v) is 20.8. The van der Waals surface area contributed by atoms with Gasteiger partial charge in [0.05, 0.1) is 6.54 Å². The lowest BCUT2D eigenvalue weighted by Crippen LogP contribution is -2.23. The molecule has 4 rings (SSSR count). The molecule has 0 unspecified atom stereocenters. The second kappa shape index (κ2) is 11.8. The SMILES string of the molecule is CCc1ccc(Nc2nc(NCC(=O)Nc3cccc(C)c3)nc(Nc3ccc(CC)cc3)n2)cc1. The molecule has 0 atom stereocenters. The van der Waals surface area contributed by atoms with E-state index in [0.29, 0.717) is 11.9 Å². The van der Waals surface area contributed by atoms with Gasteiger partial charge in [-0.2, -0.15) is 15.0 Å². The van der Waals surface area contributed by atoms with Crippen molar-refractivity contribution in [3.05, 3.63) is 89.5 Å². The number of hydrogen-bond donors (Lipinski definition) is 4. The predicted molar refractivity (Wildman–Crippen MR) is 146 cm³/mol. The van der Waals surface area contributed by atoms with Crippen molar-refractivity contribution in [1.82, 2.24) is 15.0 Å². The second-order valence-electron chi connectivity index (χ2n) is 8.43. The summed E-state index contributed by atoms with van der Waals surface area (Å²) in [7, 11) is 0.